The number of hydrogen-bond donors (Lipinski definition) is 0. The maximum Gasteiger partial charge on any atom is 0.384 e. The van der Waals surface area contributed by atoms with Crippen molar-refractivity contribution in [3.05, 3.63) is 58.9 Å². The van der Waals surface area contributed by atoms with Gasteiger partial charge in [0.2, 0.25) is 0 Å². The molecule has 0 atom stereocenters. The molecule has 2 aromatic rings. The smallest absolute Gasteiger partial charge is 0.384 e. The van der Waals surface area contributed by atoms with Crippen LogP contribution in [0.2, 0.25) is 5.02 Å². The van der Waals surface area contributed by atoms with Crippen molar-refractivity contribution in [2.45, 2.75) is 31.8 Å². The fourth-order valence-corrected chi connectivity index (χ4v) is 2.79. The second-order valence-corrected chi connectivity index (χ2v) is 6.25. The summed E-state index contributed by atoms with van der Waals surface area (Å²) in [5.74, 6) is 5.73. The first-order chi connectivity index (χ1) is 12.1. The van der Waals surface area contributed by atoms with Crippen LogP contribution in [0.25, 0.3) is 0 Å². The van der Waals surface area contributed by atoms with Gasteiger partial charge >= 0.3 is 5.97 Å². The van der Waals surface area contributed by atoms with Crippen molar-refractivity contribution in [1.29, 1.82) is 0 Å². The number of nitrogens with zero attached hydrogens (tertiary/aromatic N) is 1. The van der Waals surface area contributed by atoms with Crippen molar-refractivity contribution in [2.24, 2.45) is 0 Å². The fourth-order valence-electron chi connectivity index (χ4n) is 2.67. The van der Waals surface area contributed by atoms with Crippen molar-refractivity contribution in [2.75, 3.05) is 6.61 Å². The molecule has 0 unspecified atom stereocenters. The molecule has 0 bridgehead atoms. The zero-order valence-electron chi connectivity index (χ0n) is 13.9. The Labute approximate surface area is 152 Å². The van der Waals surface area contributed by atoms with Crippen LogP contribution >= 0.6 is 11.6 Å². The van der Waals surface area contributed by atoms with Gasteiger partial charge in [-0.3, -0.25) is 0 Å². The van der Waals surface area contributed by atoms with Gasteiger partial charge in [-0.05, 0) is 61.4 Å². The Hall–Kier alpha value is -2.51. The van der Waals surface area contributed by atoms with Crippen LogP contribution in [0.1, 0.15) is 36.9 Å². The number of esters is 1. The van der Waals surface area contributed by atoms with Gasteiger partial charge in [-0.25, -0.2) is 9.78 Å². The minimum Gasteiger partial charge on any atom is -0.489 e. The van der Waals surface area contributed by atoms with Gasteiger partial charge in [-0.1, -0.05) is 23.7 Å². The van der Waals surface area contributed by atoms with Gasteiger partial charge in [0.15, 0.2) is 0 Å². The second kappa shape index (κ2) is 8.04. The van der Waals surface area contributed by atoms with E-state index in [1.165, 1.54) is 5.56 Å². The van der Waals surface area contributed by atoms with Gasteiger partial charge < -0.3 is 9.47 Å². The molecule has 4 nitrogen and oxygen atoms in total. The molecular weight excluding hydrogens is 338 g/mol. The zero-order chi connectivity index (χ0) is 17.6. The molecule has 0 spiro atoms. The first kappa shape index (κ1) is 17.3. The molecule has 1 aromatic carbocycles. The number of rotatable bonds is 4. The third-order valence-corrected chi connectivity index (χ3v) is 4.30. The minimum absolute atomic E-state index is 0.193. The molecule has 1 aliphatic carbocycles. The summed E-state index contributed by atoms with van der Waals surface area (Å²) < 4.78 is 10.7. The van der Waals surface area contributed by atoms with Crippen LogP contribution in [0.4, 0.5) is 0 Å². The molecule has 5 heteroatoms. The Bertz CT molecular complexity index is 784. The number of pyridine rings is 1. The number of aromatic nitrogens is 1. The van der Waals surface area contributed by atoms with E-state index in [0.717, 1.165) is 17.9 Å². The van der Waals surface area contributed by atoms with Gasteiger partial charge in [0.1, 0.15) is 11.4 Å². The van der Waals surface area contributed by atoms with Gasteiger partial charge in [0.25, 0.3) is 0 Å². The molecule has 128 valence electrons. The van der Waals surface area contributed by atoms with E-state index in [9.17, 15) is 4.79 Å². The topological polar surface area (TPSA) is 48.4 Å². The first-order valence-electron chi connectivity index (χ1n) is 8.21. The average Bonchev–Trinajstić information content (AvgIpc) is 2.58. The Balaban J connectivity index is 1.50. The number of ether oxygens (including phenoxy) is 2. The molecule has 0 aliphatic heterocycles. The number of halogens is 1. The molecule has 0 N–H and O–H groups in total. The summed E-state index contributed by atoms with van der Waals surface area (Å²) in [6.07, 6.45) is 3.78. The minimum atomic E-state index is -0.549. The average molecular weight is 356 g/mol. The number of benzene rings is 1. The summed E-state index contributed by atoms with van der Waals surface area (Å²) in [6.45, 7) is 2.05. The van der Waals surface area contributed by atoms with Crippen molar-refractivity contribution in [3.8, 4) is 17.6 Å². The third kappa shape index (κ3) is 4.74. The standard InChI is InChI=1S/C20H18ClNO3/c1-2-24-20(23)10-8-17-7-9-18(13-22-17)25-19-11-15(12-19)14-3-5-16(21)6-4-14/h3-7,9,13,15,19H,2,11-12H2,1H3/t15-,19-. The molecule has 1 aliphatic rings. The van der Waals surface area contributed by atoms with Crippen molar-refractivity contribution >= 4 is 17.6 Å². The maximum absolute atomic E-state index is 11.2. The highest BCUT2D eigenvalue weighted by molar-refractivity contribution is 6.30. The van der Waals surface area contributed by atoms with Crippen molar-refractivity contribution < 1.29 is 14.3 Å². The zero-order valence-corrected chi connectivity index (χ0v) is 14.6. The highest BCUT2D eigenvalue weighted by Crippen LogP contribution is 2.39. The van der Waals surface area contributed by atoms with Crippen LogP contribution in [-0.4, -0.2) is 23.7 Å². The van der Waals surface area contributed by atoms with E-state index in [4.69, 9.17) is 21.1 Å². The van der Waals surface area contributed by atoms with E-state index in [-0.39, 0.29) is 6.10 Å². The molecular formula is C20H18ClNO3. The highest BCUT2D eigenvalue weighted by atomic mass is 35.5. The van der Waals surface area contributed by atoms with E-state index in [2.05, 4.69) is 29.0 Å². The third-order valence-electron chi connectivity index (χ3n) is 4.04. The predicted octanol–water partition coefficient (Wildman–Crippen LogP) is 3.97. The van der Waals surface area contributed by atoms with Crippen LogP contribution in [0.3, 0.4) is 0 Å². The van der Waals surface area contributed by atoms with Crippen LogP contribution in [0.5, 0.6) is 5.75 Å². The Morgan fingerprint density at radius 3 is 2.64 bits per heavy atom. The highest BCUT2D eigenvalue weighted by Gasteiger charge is 2.31. The van der Waals surface area contributed by atoms with Gasteiger partial charge in [0.05, 0.1) is 18.9 Å². The molecule has 0 saturated heterocycles. The lowest BCUT2D eigenvalue weighted by Gasteiger charge is -2.35. The van der Waals surface area contributed by atoms with Gasteiger partial charge in [-0.2, -0.15) is 0 Å². The Kier molecular flexibility index (Phi) is 5.57. The SMILES string of the molecule is CCOC(=O)C#Cc1ccc(O[C@H]2C[C@H](c3ccc(Cl)cc3)C2)cn1. The fraction of sp³-hybridized carbons (Fsp3) is 0.300. The van der Waals surface area contributed by atoms with Crippen LogP contribution in [0, 0.1) is 11.8 Å². The summed E-state index contributed by atoms with van der Waals surface area (Å²) in [5.41, 5.74) is 1.81. The summed E-state index contributed by atoms with van der Waals surface area (Å²) in [6, 6.07) is 11.5. The Morgan fingerprint density at radius 1 is 1.24 bits per heavy atom. The summed E-state index contributed by atoms with van der Waals surface area (Å²) >= 11 is 5.91. The summed E-state index contributed by atoms with van der Waals surface area (Å²) in [5, 5.41) is 0.757. The van der Waals surface area contributed by atoms with E-state index in [1.54, 1.807) is 19.2 Å². The molecule has 1 fully saturated rings. The molecule has 1 heterocycles. The first-order valence-corrected chi connectivity index (χ1v) is 8.59. The van der Waals surface area contributed by atoms with E-state index in [0.29, 0.717) is 24.0 Å². The van der Waals surface area contributed by atoms with Crippen molar-refractivity contribution in [1.82, 2.24) is 4.98 Å². The van der Waals surface area contributed by atoms with E-state index < -0.39 is 5.97 Å². The summed E-state index contributed by atoms with van der Waals surface area (Å²) in [7, 11) is 0. The lowest BCUT2D eigenvalue weighted by Crippen LogP contribution is -2.32. The van der Waals surface area contributed by atoms with Crippen molar-refractivity contribution in [3.63, 3.8) is 0 Å². The molecule has 1 saturated carbocycles. The van der Waals surface area contributed by atoms with Gasteiger partial charge in [0, 0.05) is 10.9 Å². The van der Waals surface area contributed by atoms with E-state index in [1.807, 2.05) is 18.2 Å². The van der Waals surface area contributed by atoms with Crippen LogP contribution < -0.4 is 4.74 Å². The largest absolute Gasteiger partial charge is 0.489 e. The molecule has 25 heavy (non-hydrogen) atoms. The second-order valence-electron chi connectivity index (χ2n) is 5.81. The molecule has 0 amide bonds. The quantitative estimate of drug-likeness (QED) is 0.615. The van der Waals surface area contributed by atoms with Crippen LogP contribution in [0.15, 0.2) is 42.6 Å². The number of carbonyl (C=O) groups excluding carboxylic acids is 1. The lowest BCUT2D eigenvalue weighted by molar-refractivity contribution is -0.136. The Morgan fingerprint density at radius 2 is 2.00 bits per heavy atom. The van der Waals surface area contributed by atoms with E-state index >= 15 is 0 Å². The monoisotopic (exact) mass is 355 g/mol. The lowest BCUT2D eigenvalue weighted by atomic mass is 9.77. The normalized spacial score (nSPS) is 18.5. The summed E-state index contributed by atoms with van der Waals surface area (Å²) in [4.78, 5) is 15.4. The molecule has 3 rings (SSSR count). The predicted molar refractivity (Wildman–Crippen MR) is 95.6 cm³/mol. The van der Waals surface area contributed by atoms with Gasteiger partial charge in [-0.15, -0.1) is 0 Å². The molecule has 0 radical (unpaired) electrons. The number of carbonyl (C=O) groups is 1. The van der Waals surface area contributed by atoms with Crippen LogP contribution in [-0.2, 0) is 9.53 Å². The molecule has 1 aromatic heterocycles. The maximum atomic E-state index is 11.2. The number of hydrogen-bond acceptors (Lipinski definition) is 4.